The fraction of sp³-hybridized carbons (Fsp3) is 0.133. The summed E-state index contributed by atoms with van der Waals surface area (Å²) in [5.74, 6) is 0. The molecule has 3 rings (SSSR count). The van der Waals surface area contributed by atoms with Crippen molar-refractivity contribution in [2.45, 2.75) is 13.8 Å². The molecule has 0 saturated carbocycles. The Hall–Kier alpha value is -1.41. The van der Waals surface area contributed by atoms with Gasteiger partial charge in [0.1, 0.15) is 0 Å². The minimum absolute atomic E-state index is 0. The smallest absolute Gasteiger partial charge is 0.211 e. The lowest BCUT2D eigenvalue weighted by atomic mass is 10.1. The van der Waals surface area contributed by atoms with Crippen LogP contribution < -0.4 is 21.4 Å². The number of aryl methyl sites for hydroxylation is 2. The Morgan fingerprint density at radius 3 is 2.53 bits per heavy atom. The van der Waals surface area contributed by atoms with Gasteiger partial charge in [0.2, 0.25) is 5.52 Å². The molecular formula is C15H14BrN. The van der Waals surface area contributed by atoms with E-state index >= 15 is 0 Å². The van der Waals surface area contributed by atoms with Gasteiger partial charge in [0, 0.05) is 30.5 Å². The van der Waals surface area contributed by atoms with Gasteiger partial charge in [-0.15, -0.1) is 0 Å². The number of aromatic nitrogens is 1. The first kappa shape index (κ1) is 12.1. The van der Waals surface area contributed by atoms with Gasteiger partial charge in [-0.05, 0) is 23.9 Å². The predicted molar refractivity (Wildman–Crippen MR) is 66.6 cm³/mol. The van der Waals surface area contributed by atoms with Crippen LogP contribution in [0.3, 0.4) is 0 Å². The van der Waals surface area contributed by atoms with Crippen LogP contribution in [0.15, 0.2) is 48.7 Å². The molecule has 0 unspecified atom stereocenters. The van der Waals surface area contributed by atoms with Crippen molar-refractivity contribution in [3.63, 3.8) is 0 Å². The van der Waals surface area contributed by atoms with E-state index < -0.39 is 0 Å². The fourth-order valence-corrected chi connectivity index (χ4v) is 2.24. The topological polar surface area (TPSA) is 4.10 Å². The summed E-state index contributed by atoms with van der Waals surface area (Å²) in [6.45, 7) is 4.30. The highest BCUT2D eigenvalue weighted by Crippen LogP contribution is 2.17. The molecule has 0 atom stereocenters. The maximum Gasteiger partial charge on any atom is 0.211 e. The summed E-state index contributed by atoms with van der Waals surface area (Å²) in [5, 5.41) is 2.64. The SMILES string of the molecule is Cc1cccc2cc3cccc(C)[n+]3cc12.[Br-]. The highest BCUT2D eigenvalue weighted by Gasteiger charge is 2.08. The van der Waals surface area contributed by atoms with Gasteiger partial charge in [0.05, 0.1) is 0 Å². The molecule has 3 aromatic rings. The second-order valence-electron chi connectivity index (χ2n) is 4.31. The maximum absolute atomic E-state index is 2.25. The molecule has 0 aliphatic rings. The Morgan fingerprint density at radius 2 is 1.71 bits per heavy atom. The molecule has 86 valence electrons. The first-order chi connectivity index (χ1) is 7.75. The minimum Gasteiger partial charge on any atom is -1.00 e. The van der Waals surface area contributed by atoms with Gasteiger partial charge in [-0.3, -0.25) is 0 Å². The van der Waals surface area contributed by atoms with Gasteiger partial charge in [-0.1, -0.05) is 18.2 Å². The molecule has 0 aliphatic carbocycles. The Kier molecular flexibility index (Phi) is 3.16. The van der Waals surface area contributed by atoms with E-state index in [2.05, 4.69) is 66.9 Å². The standard InChI is InChI=1S/C15H14N.BrH/c1-11-5-3-7-13-9-14-8-4-6-12(2)16(14)10-15(11)13;/h3-10H,1-2H3;1H/q+1;/p-1. The van der Waals surface area contributed by atoms with Crippen molar-refractivity contribution >= 4 is 16.3 Å². The van der Waals surface area contributed by atoms with Crippen LogP contribution in [0.2, 0.25) is 0 Å². The molecule has 0 saturated heterocycles. The molecular weight excluding hydrogens is 274 g/mol. The van der Waals surface area contributed by atoms with Crippen LogP contribution in [0.1, 0.15) is 11.3 Å². The van der Waals surface area contributed by atoms with Crippen molar-refractivity contribution in [3.8, 4) is 0 Å². The van der Waals surface area contributed by atoms with Crippen molar-refractivity contribution in [2.75, 3.05) is 0 Å². The van der Waals surface area contributed by atoms with Gasteiger partial charge >= 0.3 is 0 Å². The highest BCUT2D eigenvalue weighted by atomic mass is 79.9. The first-order valence-electron chi connectivity index (χ1n) is 5.56. The number of halogens is 1. The average Bonchev–Trinajstić information content (AvgIpc) is 2.28. The molecule has 1 nitrogen and oxygen atoms in total. The molecule has 0 aliphatic heterocycles. The van der Waals surface area contributed by atoms with Gasteiger partial charge in [0.15, 0.2) is 11.9 Å². The molecule has 2 aromatic heterocycles. The third-order valence-corrected chi connectivity index (χ3v) is 3.18. The molecule has 17 heavy (non-hydrogen) atoms. The van der Waals surface area contributed by atoms with E-state index in [4.69, 9.17) is 0 Å². The Morgan fingerprint density at radius 1 is 0.941 bits per heavy atom. The Labute approximate surface area is 111 Å². The number of rotatable bonds is 0. The van der Waals surface area contributed by atoms with Crippen molar-refractivity contribution < 1.29 is 21.4 Å². The van der Waals surface area contributed by atoms with Crippen LogP contribution >= 0.6 is 0 Å². The van der Waals surface area contributed by atoms with Crippen molar-refractivity contribution in [1.29, 1.82) is 0 Å². The van der Waals surface area contributed by atoms with E-state index in [1.807, 2.05) is 0 Å². The van der Waals surface area contributed by atoms with Crippen LogP contribution in [0.4, 0.5) is 0 Å². The lowest BCUT2D eigenvalue weighted by molar-refractivity contribution is -0.518. The summed E-state index contributed by atoms with van der Waals surface area (Å²) in [5.41, 5.74) is 3.84. The fourth-order valence-electron chi connectivity index (χ4n) is 2.24. The summed E-state index contributed by atoms with van der Waals surface area (Å²) >= 11 is 0. The van der Waals surface area contributed by atoms with E-state index in [0.29, 0.717) is 0 Å². The molecule has 2 heterocycles. The van der Waals surface area contributed by atoms with Crippen LogP contribution in [0.5, 0.6) is 0 Å². The highest BCUT2D eigenvalue weighted by molar-refractivity contribution is 5.86. The Bertz CT molecular complexity index is 632. The molecule has 1 aromatic carbocycles. The largest absolute Gasteiger partial charge is 1.00 e. The van der Waals surface area contributed by atoms with Crippen LogP contribution in [-0.4, -0.2) is 0 Å². The second kappa shape index (κ2) is 4.46. The van der Waals surface area contributed by atoms with Gasteiger partial charge in [-0.2, -0.15) is 4.40 Å². The zero-order chi connectivity index (χ0) is 11.1. The van der Waals surface area contributed by atoms with Crippen LogP contribution in [0, 0.1) is 13.8 Å². The third-order valence-electron chi connectivity index (χ3n) is 3.18. The van der Waals surface area contributed by atoms with Gasteiger partial charge in [0.25, 0.3) is 0 Å². The summed E-state index contributed by atoms with van der Waals surface area (Å²) in [6, 6.07) is 15.1. The summed E-state index contributed by atoms with van der Waals surface area (Å²) in [7, 11) is 0. The minimum atomic E-state index is 0. The molecule has 0 N–H and O–H groups in total. The molecule has 2 heteroatoms. The zero-order valence-electron chi connectivity index (χ0n) is 9.94. The summed E-state index contributed by atoms with van der Waals surface area (Å²) in [4.78, 5) is 0. The van der Waals surface area contributed by atoms with Crippen molar-refractivity contribution in [2.24, 2.45) is 0 Å². The van der Waals surface area contributed by atoms with E-state index in [1.165, 1.54) is 27.5 Å². The van der Waals surface area contributed by atoms with E-state index in [9.17, 15) is 0 Å². The quantitative estimate of drug-likeness (QED) is 0.411. The lowest BCUT2D eigenvalue weighted by Crippen LogP contribution is -3.00. The summed E-state index contributed by atoms with van der Waals surface area (Å²) < 4.78 is 2.25. The van der Waals surface area contributed by atoms with Gasteiger partial charge < -0.3 is 17.0 Å². The predicted octanol–water partition coefficient (Wildman–Crippen LogP) is 0.199. The number of fused-ring (bicyclic) bond motifs is 2. The average molecular weight is 288 g/mol. The van der Waals surface area contributed by atoms with Crippen molar-refractivity contribution in [1.82, 2.24) is 0 Å². The summed E-state index contributed by atoms with van der Waals surface area (Å²) in [6.07, 6.45) is 2.23. The van der Waals surface area contributed by atoms with Crippen LogP contribution in [-0.2, 0) is 0 Å². The Balaban J connectivity index is 0.00000108. The van der Waals surface area contributed by atoms with Crippen LogP contribution in [0.25, 0.3) is 16.3 Å². The van der Waals surface area contributed by atoms with E-state index in [0.717, 1.165) is 0 Å². The number of hydrogen-bond acceptors (Lipinski definition) is 0. The maximum atomic E-state index is 2.25. The van der Waals surface area contributed by atoms with Crippen molar-refractivity contribution in [3.05, 3.63) is 59.9 Å². The molecule has 0 radical (unpaired) electrons. The molecule has 0 fully saturated rings. The molecule has 0 bridgehead atoms. The monoisotopic (exact) mass is 287 g/mol. The number of pyridine rings is 2. The van der Waals surface area contributed by atoms with E-state index in [1.54, 1.807) is 0 Å². The number of nitrogens with zero attached hydrogens (tertiary/aromatic N) is 1. The third kappa shape index (κ3) is 1.93. The number of benzene rings is 1. The number of hydrogen-bond donors (Lipinski definition) is 0. The first-order valence-corrected chi connectivity index (χ1v) is 5.56. The van der Waals surface area contributed by atoms with Gasteiger partial charge in [-0.25, -0.2) is 0 Å². The molecule has 0 amide bonds. The molecule has 0 spiro atoms. The zero-order valence-corrected chi connectivity index (χ0v) is 11.5. The lowest BCUT2D eigenvalue weighted by Gasteiger charge is -2.01. The van der Waals surface area contributed by atoms with E-state index in [-0.39, 0.29) is 17.0 Å². The second-order valence-corrected chi connectivity index (χ2v) is 4.31. The normalized spacial score (nSPS) is 10.5.